The van der Waals surface area contributed by atoms with Crippen LogP contribution in [-0.4, -0.2) is 30.3 Å². The van der Waals surface area contributed by atoms with Crippen molar-refractivity contribution >= 4 is 29.4 Å². The lowest BCUT2D eigenvalue weighted by molar-refractivity contribution is 0.122. The zero-order chi connectivity index (χ0) is 18.6. The van der Waals surface area contributed by atoms with Crippen molar-refractivity contribution in [2.75, 3.05) is 24.5 Å². The molecule has 0 bridgehead atoms. The van der Waals surface area contributed by atoms with Gasteiger partial charge in [0.2, 0.25) is 0 Å². The molecule has 0 aliphatic carbocycles. The standard InChI is InChI=1S/C19H22ClF2N3S/c1-14-2-3-15(24-11-14)12-23-13-19(21)6-8-25(9-7-19)16-4-5-18(26-22)17(20)10-16/h2-5,10-11,23H,6-9,12-13H2,1H3. The average Bonchev–Trinajstić information content (AvgIpc) is 2.64. The average molecular weight is 398 g/mol. The number of nitrogens with zero attached hydrogens (tertiary/aromatic N) is 2. The van der Waals surface area contributed by atoms with E-state index in [1.165, 1.54) is 0 Å². The summed E-state index contributed by atoms with van der Waals surface area (Å²) in [6, 6.07) is 9.20. The van der Waals surface area contributed by atoms with Crippen LogP contribution < -0.4 is 10.2 Å². The molecule has 7 heteroatoms. The van der Waals surface area contributed by atoms with Gasteiger partial charge in [-0.05, 0) is 36.8 Å². The molecule has 0 atom stereocenters. The number of hydrogen-bond donors (Lipinski definition) is 1. The Balaban J connectivity index is 1.50. The Morgan fingerprint density at radius 2 is 2.04 bits per heavy atom. The summed E-state index contributed by atoms with van der Waals surface area (Å²) in [7, 11) is 0. The van der Waals surface area contributed by atoms with Gasteiger partial charge < -0.3 is 10.2 Å². The van der Waals surface area contributed by atoms with E-state index in [1.54, 1.807) is 12.1 Å². The molecule has 140 valence electrons. The summed E-state index contributed by atoms with van der Waals surface area (Å²) in [5.41, 5.74) is 1.71. The Kier molecular flexibility index (Phi) is 6.37. The fourth-order valence-electron chi connectivity index (χ4n) is 3.11. The van der Waals surface area contributed by atoms with Gasteiger partial charge in [-0.15, -0.1) is 0 Å². The van der Waals surface area contributed by atoms with Crippen molar-refractivity contribution in [1.82, 2.24) is 10.3 Å². The summed E-state index contributed by atoms with van der Waals surface area (Å²) in [5.74, 6) is 0. The fraction of sp³-hybridized carbons (Fsp3) is 0.421. The number of aromatic nitrogens is 1. The van der Waals surface area contributed by atoms with E-state index < -0.39 is 5.67 Å². The fourth-order valence-corrected chi connectivity index (χ4v) is 3.62. The van der Waals surface area contributed by atoms with Gasteiger partial charge in [-0.1, -0.05) is 17.7 Å². The summed E-state index contributed by atoms with van der Waals surface area (Å²) in [6.07, 6.45) is 2.70. The maximum absolute atomic E-state index is 15.0. The SMILES string of the molecule is Cc1ccc(CNCC2(F)CCN(c3ccc(SF)c(Cl)c3)CC2)nc1. The predicted molar refractivity (Wildman–Crippen MR) is 104 cm³/mol. The number of piperidine rings is 1. The second-order valence-electron chi connectivity index (χ2n) is 6.76. The first-order chi connectivity index (χ1) is 12.5. The van der Waals surface area contributed by atoms with Crippen LogP contribution in [0.2, 0.25) is 5.02 Å². The lowest BCUT2D eigenvalue weighted by Gasteiger charge is -2.38. The highest BCUT2D eigenvalue weighted by Gasteiger charge is 2.34. The van der Waals surface area contributed by atoms with E-state index in [9.17, 15) is 3.89 Å². The number of hydrogen-bond acceptors (Lipinski definition) is 4. The minimum atomic E-state index is -1.22. The minimum Gasteiger partial charge on any atom is -0.371 e. The molecule has 3 nitrogen and oxygen atoms in total. The minimum absolute atomic E-state index is 0.135. The van der Waals surface area contributed by atoms with E-state index in [4.69, 9.17) is 11.6 Å². The van der Waals surface area contributed by atoms with Crippen LogP contribution >= 0.6 is 23.7 Å². The molecule has 1 aliphatic heterocycles. The van der Waals surface area contributed by atoms with Crippen molar-refractivity contribution < 1.29 is 8.28 Å². The van der Waals surface area contributed by atoms with Crippen LogP contribution in [0.5, 0.6) is 0 Å². The number of pyridine rings is 1. The smallest absolute Gasteiger partial charge is 0.126 e. The molecule has 0 unspecified atom stereocenters. The predicted octanol–water partition coefficient (Wildman–Crippen LogP) is 5.12. The van der Waals surface area contributed by atoms with E-state index in [2.05, 4.69) is 15.2 Å². The van der Waals surface area contributed by atoms with Gasteiger partial charge in [-0.2, -0.15) is 3.89 Å². The third-order valence-corrected chi connectivity index (χ3v) is 5.69. The number of aryl methyl sites for hydroxylation is 1. The summed E-state index contributed by atoms with van der Waals surface area (Å²) >= 11 is 6.20. The molecular formula is C19H22ClF2N3S. The molecule has 1 fully saturated rings. The second kappa shape index (κ2) is 8.55. The number of nitrogens with one attached hydrogen (secondary N) is 1. The van der Waals surface area contributed by atoms with Crippen LogP contribution in [-0.2, 0) is 6.54 Å². The molecule has 0 radical (unpaired) electrons. The Hall–Kier alpha value is -1.37. The summed E-state index contributed by atoms with van der Waals surface area (Å²) in [5, 5.41) is 3.58. The molecule has 1 saturated heterocycles. The van der Waals surface area contributed by atoms with E-state index in [0.29, 0.717) is 48.9 Å². The Labute approximate surface area is 162 Å². The number of benzene rings is 1. The van der Waals surface area contributed by atoms with Gasteiger partial charge >= 0.3 is 0 Å². The van der Waals surface area contributed by atoms with Crippen LogP contribution in [0.15, 0.2) is 41.4 Å². The quantitative estimate of drug-likeness (QED) is 0.732. The molecule has 3 rings (SSSR count). The topological polar surface area (TPSA) is 28.2 Å². The second-order valence-corrected chi connectivity index (χ2v) is 7.76. The molecule has 0 spiro atoms. The first-order valence-corrected chi connectivity index (χ1v) is 9.73. The summed E-state index contributed by atoms with van der Waals surface area (Å²) < 4.78 is 27.7. The number of halogens is 3. The van der Waals surface area contributed by atoms with Gasteiger partial charge in [-0.3, -0.25) is 4.98 Å². The maximum atomic E-state index is 15.0. The van der Waals surface area contributed by atoms with Crippen LogP contribution in [0.3, 0.4) is 0 Å². The van der Waals surface area contributed by atoms with E-state index >= 15 is 4.39 Å². The molecule has 2 aromatic rings. The molecule has 1 N–H and O–H groups in total. The molecule has 26 heavy (non-hydrogen) atoms. The third kappa shape index (κ3) is 4.87. The van der Waals surface area contributed by atoms with E-state index in [-0.39, 0.29) is 12.1 Å². The lowest BCUT2D eigenvalue weighted by atomic mass is 9.93. The summed E-state index contributed by atoms with van der Waals surface area (Å²) in [4.78, 5) is 6.82. The third-order valence-electron chi connectivity index (χ3n) is 4.74. The molecular weight excluding hydrogens is 376 g/mol. The number of anilines is 1. The highest BCUT2D eigenvalue weighted by Crippen LogP contribution is 2.34. The zero-order valence-corrected chi connectivity index (χ0v) is 16.2. The van der Waals surface area contributed by atoms with Crippen molar-refractivity contribution in [2.24, 2.45) is 0 Å². The van der Waals surface area contributed by atoms with Crippen LogP contribution in [0, 0.1) is 6.92 Å². The zero-order valence-electron chi connectivity index (χ0n) is 14.6. The van der Waals surface area contributed by atoms with Crippen molar-refractivity contribution in [3.8, 4) is 0 Å². The van der Waals surface area contributed by atoms with Gasteiger partial charge in [0.1, 0.15) is 5.67 Å². The van der Waals surface area contributed by atoms with Gasteiger partial charge in [0.15, 0.2) is 0 Å². The maximum Gasteiger partial charge on any atom is 0.126 e. The normalized spacial score (nSPS) is 16.7. The van der Waals surface area contributed by atoms with Gasteiger partial charge in [0.05, 0.1) is 27.8 Å². The Bertz CT molecular complexity index is 734. The monoisotopic (exact) mass is 397 g/mol. The molecule has 0 amide bonds. The Morgan fingerprint density at radius 1 is 1.27 bits per heavy atom. The van der Waals surface area contributed by atoms with Gasteiger partial charge in [0.25, 0.3) is 0 Å². The highest BCUT2D eigenvalue weighted by atomic mass is 35.5. The molecule has 1 aliphatic rings. The van der Waals surface area contributed by atoms with Crippen LogP contribution in [0.4, 0.5) is 14.0 Å². The highest BCUT2D eigenvalue weighted by molar-refractivity contribution is 7.94. The van der Waals surface area contributed by atoms with Crippen LogP contribution in [0.1, 0.15) is 24.1 Å². The van der Waals surface area contributed by atoms with E-state index in [1.807, 2.05) is 31.3 Å². The largest absolute Gasteiger partial charge is 0.371 e. The molecule has 0 saturated carbocycles. The molecule has 1 aromatic carbocycles. The van der Waals surface area contributed by atoms with Crippen molar-refractivity contribution in [3.63, 3.8) is 0 Å². The summed E-state index contributed by atoms with van der Waals surface area (Å²) in [6.45, 7) is 4.09. The first kappa shape index (κ1) is 19.4. The Morgan fingerprint density at radius 3 is 2.65 bits per heavy atom. The van der Waals surface area contributed by atoms with Crippen molar-refractivity contribution in [1.29, 1.82) is 0 Å². The van der Waals surface area contributed by atoms with E-state index in [0.717, 1.165) is 16.9 Å². The molecule has 1 aromatic heterocycles. The van der Waals surface area contributed by atoms with Crippen LogP contribution in [0.25, 0.3) is 0 Å². The number of rotatable bonds is 6. The number of alkyl halides is 1. The van der Waals surface area contributed by atoms with Gasteiger partial charge in [0, 0.05) is 50.9 Å². The van der Waals surface area contributed by atoms with Crippen molar-refractivity contribution in [2.45, 2.75) is 36.9 Å². The molecule has 2 heterocycles. The van der Waals surface area contributed by atoms with Crippen molar-refractivity contribution in [3.05, 3.63) is 52.8 Å². The lowest BCUT2D eigenvalue weighted by Crippen LogP contribution is -2.47. The first-order valence-electron chi connectivity index (χ1n) is 8.63. The van der Waals surface area contributed by atoms with Gasteiger partial charge in [-0.25, -0.2) is 4.39 Å².